The Labute approximate surface area is 91.2 Å². The first-order chi connectivity index (χ1) is 7.33. The summed E-state index contributed by atoms with van der Waals surface area (Å²) in [6.07, 6.45) is -4.12. The summed E-state index contributed by atoms with van der Waals surface area (Å²) in [5, 5.41) is 0. The van der Waals surface area contributed by atoms with Crippen LogP contribution >= 0.6 is 0 Å². The Morgan fingerprint density at radius 3 is 2.50 bits per heavy atom. The number of ether oxygens (including phenoxy) is 1. The molecule has 0 fully saturated rings. The molecule has 0 aliphatic carbocycles. The van der Waals surface area contributed by atoms with Gasteiger partial charge in [-0.15, -0.1) is 13.2 Å². The number of halogens is 3. The third-order valence-corrected chi connectivity index (χ3v) is 2.13. The van der Waals surface area contributed by atoms with Gasteiger partial charge in [0.25, 0.3) is 0 Å². The molecule has 0 aliphatic rings. The van der Waals surface area contributed by atoms with Gasteiger partial charge in [-0.2, -0.15) is 0 Å². The van der Waals surface area contributed by atoms with E-state index in [4.69, 9.17) is 11.5 Å². The van der Waals surface area contributed by atoms with Crippen LogP contribution in [0.25, 0.3) is 0 Å². The second kappa shape index (κ2) is 4.61. The lowest BCUT2D eigenvalue weighted by molar-refractivity contribution is -0.274. The quantitative estimate of drug-likeness (QED) is 0.790. The monoisotopic (exact) mass is 234 g/mol. The Balaban J connectivity index is 2.98. The van der Waals surface area contributed by atoms with Crippen molar-refractivity contribution in [1.82, 2.24) is 0 Å². The molecule has 4 N–H and O–H groups in total. The summed E-state index contributed by atoms with van der Waals surface area (Å²) in [6, 6.07) is 3.34. The first kappa shape index (κ1) is 12.6. The molecule has 6 heteroatoms. The molecule has 0 radical (unpaired) electrons. The van der Waals surface area contributed by atoms with Crippen molar-refractivity contribution in [2.45, 2.75) is 25.7 Å². The average Bonchev–Trinajstić information content (AvgIpc) is 2.18. The Bertz CT molecular complexity index is 366. The van der Waals surface area contributed by atoms with Gasteiger partial charge < -0.3 is 16.2 Å². The topological polar surface area (TPSA) is 61.3 Å². The van der Waals surface area contributed by atoms with E-state index in [-0.39, 0.29) is 5.75 Å². The maximum Gasteiger partial charge on any atom is 0.573 e. The van der Waals surface area contributed by atoms with E-state index in [0.29, 0.717) is 17.7 Å². The zero-order valence-corrected chi connectivity index (χ0v) is 8.71. The second-order valence-electron chi connectivity index (χ2n) is 3.35. The summed E-state index contributed by atoms with van der Waals surface area (Å²) < 4.78 is 39.7. The van der Waals surface area contributed by atoms with Gasteiger partial charge in [-0.3, -0.25) is 0 Å². The minimum absolute atomic E-state index is 0.305. The van der Waals surface area contributed by atoms with Crippen molar-refractivity contribution in [2.24, 2.45) is 5.73 Å². The van der Waals surface area contributed by atoms with Gasteiger partial charge in [0.05, 0.1) is 0 Å². The lowest BCUT2D eigenvalue weighted by atomic mass is 10.0. The minimum atomic E-state index is -4.70. The van der Waals surface area contributed by atoms with Crippen molar-refractivity contribution in [3.05, 3.63) is 23.8 Å². The molecule has 0 aliphatic heterocycles. The largest absolute Gasteiger partial charge is 0.573 e. The highest BCUT2D eigenvalue weighted by Crippen LogP contribution is 2.29. The van der Waals surface area contributed by atoms with Crippen molar-refractivity contribution in [3.63, 3.8) is 0 Å². The molecule has 90 valence electrons. The second-order valence-corrected chi connectivity index (χ2v) is 3.35. The van der Waals surface area contributed by atoms with Crippen molar-refractivity contribution < 1.29 is 17.9 Å². The van der Waals surface area contributed by atoms with Gasteiger partial charge in [0.15, 0.2) is 0 Å². The van der Waals surface area contributed by atoms with Crippen LogP contribution in [0.4, 0.5) is 18.9 Å². The smallest absolute Gasteiger partial charge is 0.406 e. The zero-order valence-electron chi connectivity index (χ0n) is 8.71. The summed E-state index contributed by atoms with van der Waals surface area (Å²) in [5.41, 5.74) is 12.2. The van der Waals surface area contributed by atoms with Crippen LogP contribution < -0.4 is 16.2 Å². The molecule has 1 unspecified atom stereocenters. The Hall–Kier alpha value is -1.43. The highest BCUT2D eigenvalue weighted by molar-refractivity contribution is 5.52. The normalized spacial score (nSPS) is 13.6. The molecule has 0 heterocycles. The summed E-state index contributed by atoms with van der Waals surface area (Å²) in [4.78, 5) is 0. The van der Waals surface area contributed by atoms with Crippen LogP contribution in [0.15, 0.2) is 18.2 Å². The molecule has 0 aromatic heterocycles. The number of hydrogen-bond acceptors (Lipinski definition) is 3. The van der Waals surface area contributed by atoms with E-state index < -0.39 is 12.4 Å². The molecule has 3 nitrogen and oxygen atoms in total. The number of anilines is 1. The van der Waals surface area contributed by atoms with Crippen molar-refractivity contribution >= 4 is 5.69 Å². The molecular formula is C10H13F3N2O. The molecule has 0 saturated carbocycles. The number of benzene rings is 1. The van der Waals surface area contributed by atoms with E-state index in [0.717, 1.165) is 6.07 Å². The van der Waals surface area contributed by atoms with Gasteiger partial charge in [-0.1, -0.05) is 6.92 Å². The molecule has 0 bridgehead atoms. The zero-order chi connectivity index (χ0) is 12.3. The van der Waals surface area contributed by atoms with Crippen LogP contribution in [-0.2, 0) is 0 Å². The van der Waals surface area contributed by atoms with Crippen LogP contribution in [0, 0.1) is 0 Å². The van der Waals surface area contributed by atoms with Crippen molar-refractivity contribution in [2.75, 3.05) is 5.73 Å². The van der Waals surface area contributed by atoms with E-state index in [9.17, 15) is 13.2 Å². The van der Waals surface area contributed by atoms with E-state index in [1.807, 2.05) is 6.92 Å². The van der Waals surface area contributed by atoms with Gasteiger partial charge in [0.2, 0.25) is 0 Å². The number of rotatable bonds is 3. The van der Waals surface area contributed by atoms with E-state index in [2.05, 4.69) is 4.74 Å². The third kappa shape index (κ3) is 3.30. The minimum Gasteiger partial charge on any atom is -0.406 e. The fourth-order valence-corrected chi connectivity index (χ4v) is 1.29. The van der Waals surface area contributed by atoms with Crippen LogP contribution in [-0.4, -0.2) is 6.36 Å². The van der Waals surface area contributed by atoms with Crippen LogP contribution in [0.1, 0.15) is 24.9 Å². The molecule has 0 amide bonds. The summed E-state index contributed by atoms with van der Waals surface area (Å²) >= 11 is 0. The highest BCUT2D eigenvalue weighted by atomic mass is 19.4. The molecule has 0 saturated heterocycles. The van der Waals surface area contributed by atoms with Gasteiger partial charge in [-0.05, 0) is 30.2 Å². The van der Waals surface area contributed by atoms with Gasteiger partial charge >= 0.3 is 6.36 Å². The molecule has 1 atom stereocenters. The first-order valence-corrected chi connectivity index (χ1v) is 4.74. The molecule has 1 aromatic rings. The van der Waals surface area contributed by atoms with E-state index >= 15 is 0 Å². The fourth-order valence-electron chi connectivity index (χ4n) is 1.29. The van der Waals surface area contributed by atoms with Crippen LogP contribution in [0.3, 0.4) is 0 Å². The van der Waals surface area contributed by atoms with E-state index in [1.54, 1.807) is 0 Å². The molecule has 16 heavy (non-hydrogen) atoms. The third-order valence-electron chi connectivity index (χ3n) is 2.13. The number of alkyl halides is 3. The molecule has 0 spiro atoms. The standard InChI is InChI=1S/C10H13F3N2O/c1-2-8(14)7-5-6(3-4-9(7)15)16-10(11,12)13/h3-5,8H,2,14-15H2,1H3. The maximum atomic E-state index is 12.0. The number of hydrogen-bond donors (Lipinski definition) is 2. The SMILES string of the molecule is CCC(N)c1cc(OC(F)(F)F)ccc1N. The Morgan fingerprint density at radius 2 is 2.00 bits per heavy atom. The average molecular weight is 234 g/mol. The van der Waals surface area contributed by atoms with Gasteiger partial charge in [0.1, 0.15) is 5.75 Å². The van der Waals surface area contributed by atoms with Crippen LogP contribution in [0.5, 0.6) is 5.75 Å². The summed E-state index contributed by atoms with van der Waals surface area (Å²) in [6.45, 7) is 1.82. The molecule has 1 aromatic carbocycles. The number of nitrogens with two attached hydrogens (primary N) is 2. The van der Waals surface area contributed by atoms with Crippen molar-refractivity contribution in [3.8, 4) is 5.75 Å². The molecule has 1 rings (SSSR count). The van der Waals surface area contributed by atoms with Crippen LogP contribution in [0.2, 0.25) is 0 Å². The lowest BCUT2D eigenvalue weighted by Crippen LogP contribution is -2.18. The predicted molar refractivity (Wildman–Crippen MR) is 54.8 cm³/mol. The summed E-state index contributed by atoms with van der Waals surface area (Å²) in [5.74, 6) is -0.305. The maximum absolute atomic E-state index is 12.0. The lowest BCUT2D eigenvalue weighted by Gasteiger charge is -2.15. The Morgan fingerprint density at radius 1 is 1.38 bits per heavy atom. The van der Waals surface area contributed by atoms with Gasteiger partial charge in [-0.25, -0.2) is 0 Å². The van der Waals surface area contributed by atoms with Crippen molar-refractivity contribution in [1.29, 1.82) is 0 Å². The first-order valence-electron chi connectivity index (χ1n) is 4.74. The molecular weight excluding hydrogens is 221 g/mol. The predicted octanol–water partition coefficient (Wildman–Crippen LogP) is 2.58. The Kier molecular flexibility index (Phi) is 3.64. The number of nitrogen functional groups attached to an aromatic ring is 1. The van der Waals surface area contributed by atoms with E-state index in [1.165, 1.54) is 12.1 Å². The van der Waals surface area contributed by atoms with Gasteiger partial charge in [0, 0.05) is 11.7 Å². The highest BCUT2D eigenvalue weighted by Gasteiger charge is 2.31. The summed E-state index contributed by atoms with van der Waals surface area (Å²) in [7, 11) is 0. The fraction of sp³-hybridized carbons (Fsp3) is 0.400.